The second-order valence-electron chi connectivity index (χ2n) is 8.18. The van der Waals surface area contributed by atoms with Gasteiger partial charge in [0, 0.05) is 30.1 Å². The molecule has 0 unspecified atom stereocenters. The average Bonchev–Trinajstić information content (AvgIpc) is 3.42. The number of aromatic nitrogens is 1. The van der Waals surface area contributed by atoms with E-state index in [0.717, 1.165) is 16.4 Å². The molecule has 0 bridgehead atoms. The van der Waals surface area contributed by atoms with Gasteiger partial charge in [-0.1, -0.05) is 0 Å². The van der Waals surface area contributed by atoms with E-state index in [1.807, 2.05) is 17.5 Å². The zero-order valence-corrected chi connectivity index (χ0v) is 22.6. The summed E-state index contributed by atoms with van der Waals surface area (Å²) in [5.41, 5.74) is 1.63. The Bertz CT molecular complexity index is 1290. The van der Waals surface area contributed by atoms with Crippen LogP contribution in [0.1, 0.15) is 12.8 Å². The highest BCUT2D eigenvalue weighted by Gasteiger charge is 2.33. The van der Waals surface area contributed by atoms with Crippen molar-refractivity contribution in [3.63, 3.8) is 0 Å². The van der Waals surface area contributed by atoms with Crippen LogP contribution in [0, 0.1) is 0 Å². The molecule has 0 aliphatic carbocycles. The normalized spacial score (nSPS) is 14.4. The Morgan fingerprint density at radius 2 is 1.44 bits per heavy atom. The zero-order valence-electron chi connectivity index (χ0n) is 20.9. The molecule has 0 N–H and O–H groups in total. The van der Waals surface area contributed by atoms with Crippen LogP contribution < -0.4 is 28.6 Å². The second kappa shape index (κ2) is 10.8. The van der Waals surface area contributed by atoms with Crippen LogP contribution in [-0.2, 0) is 9.84 Å². The molecular formula is C25H30N2O7S2. The fourth-order valence-electron chi connectivity index (χ4n) is 4.31. The molecule has 0 spiro atoms. The van der Waals surface area contributed by atoms with E-state index in [1.165, 1.54) is 31.6 Å². The highest BCUT2D eigenvalue weighted by molar-refractivity contribution is 7.92. The van der Waals surface area contributed by atoms with Crippen molar-refractivity contribution in [3.8, 4) is 40.0 Å². The number of methoxy groups -OCH3 is 5. The van der Waals surface area contributed by atoms with Crippen molar-refractivity contribution in [1.82, 2.24) is 4.98 Å². The van der Waals surface area contributed by atoms with Crippen LogP contribution in [0.5, 0.6) is 28.7 Å². The van der Waals surface area contributed by atoms with E-state index >= 15 is 0 Å². The Morgan fingerprint density at radius 1 is 0.833 bits per heavy atom. The van der Waals surface area contributed by atoms with Crippen molar-refractivity contribution in [2.75, 3.05) is 53.5 Å². The van der Waals surface area contributed by atoms with E-state index in [2.05, 4.69) is 4.90 Å². The summed E-state index contributed by atoms with van der Waals surface area (Å²) in [6.45, 7) is 1.19. The molecule has 0 amide bonds. The van der Waals surface area contributed by atoms with Crippen LogP contribution in [0.4, 0.5) is 5.13 Å². The van der Waals surface area contributed by atoms with E-state index in [4.69, 9.17) is 28.7 Å². The van der Waals surface area contributed by atoms with Gasteiger partial charge in [0.25, 0.3) is 0 Å². The Hall–Kier alpha value is -3.18. The molecular weight excluding hydrogens is 504 g/mol. The number of hydrogen-bond donors (Lipinski definition) is 0. The minimum absolute atomic E-state index is 0.248. The number of piperidine rings is 1. The lowest BCUT2D eigenvalue weighted by atomic mass is 10.1. The first-order valence-corrected chi connectivity index (χ1v) is 13.8. The van der Waals surface area contributed by atoms with Crippen LogP contribution in [0.2, 0.25) is 0 Å². The topological polar surface area (TPSA) is 96.4 Å². The number of hydrogen-bond acceptors (Lipinski definition) is 10. The van der Waals surface area contributed by atoms with E-state index in [1.54, 1.807) is 33.5 Å². The monoisotopic (exact) mass is 534 g/mol. The molecule has 194 valence electrons. The third kappa shape index (κ3) is 4.90. The van der Waals surface area contributed by atoms with Gasteiger partial charge < -0.3 is 28.6 Å². The molecule has 0 saturated carbocycles. The van der Waals surface area contributed by atoms with Gasteiger partial charge >= 0.3 is 0 Å². The fraction of sp³-hybridized carbons (Fsp3) is 0.400. The van der Waals surface area contributed by atoms with Crippen molar-refractivity contribution in [3.05, 3.63) is 35.7 Å². The molecule has 2 heterocycles. The van der Waals surface area contributed by atoms with Gasteiger partial charge in [0.1, 0.15) is 0 Å². The summed E-state index contributed by atoms with van der Waals surface area (Å²) >= 11 is 1.52. The first kappa shape index (κ1) is 25.9. The molecule has 0 radical (unpaired) electrons. The predicted octanol–water partition coefficient (Wildman–Crippen LogP) is 4.30. The van der Waals surface area contributed by atoms with Crippen molar-refractivity contribution in [2.24, 2.45) is 0 Å². The number of rotatable bonds is 9. The Kier molecular flexibility index (Phi) is 7.79. The van der Waals surface area contributed by atoms with Crippen LogP contribution >= 0.6 is 11.3 Å². The number of sulfone groups is 1. The second-order valence-corrected chi connectivity index (χ2v) is 11.2. The smallest absolute Gasteiger partial charge is 0.203 e. The largest absolute Gasteiger partial charge is 0.493 e. The number of ether oxygens (including phenoxy) is 5. The van der Waals surface area contributed by atoms with Crippen LogP contribution in [0.3, 0.4) is 0 Å². The quantitative estimate of drug-likeness (QED) is 0.398. The lowest BCUT2D eigenvalue weighted by Gasteiger charge is -2.31. The highest BCUT2D eigenvalue weighted by Crippen LogP contribution is 2.42. The summed E-state index contributed by atoms with van der Waals surface area (Å²) in [6.07, 6.45) is 1.02. The van der Waals surface area contributed by atoms with Gasteiger partial charge in [0.15, 0.2) is 38.0 Å². The molecule has 11 heteroatoms. The molecule has 2 aromatic carbocycles. The lowest BCUT2D eigenvalue weighted by Crippen LogP contribution is -2.39. The molecule has 3 aromatic rings. The summed E-state index contributed by atoms with van der Waals surface area (Å²) in [6, 6.07) is 8.46. The number of thiazole rings is 1. The molecule has 9 nitrogen and oxygen atoms in total. The summed E-state index contributed by atoms with van der Waals surface area (Å²) in [5, 5.41) is 2.35. The summed E-state index contributed by atoms with van der Waals surface area (Å²) in [4.78, 5) is 7.19. The van der Waals surface area contributed by atoms with Crippen molar-refractivity contribution in [2.45, 2.75) is 23.0 Å². The first-order valence-electron chi connectivity index (χ1n) is 11.3. The van der Waals surface area contributed by atoms with Gasteiger partial charge in [-0.15, -0.1) is 11.3 Å². The zero-order chi connectivity index (χ0) is 25.9. The average molecular weight is 535 g/mol. The van der Waals surface area contributed by atoms with Crippen molar-refractivity contribution >= 4 is 26.3 Å². The highest BCUT2D eigenvalue weighted by atomic mass is 32.2. The maximum Gasteiger partial charge on any atom is 0.203 e. The summed E-state index contributed by atoms with van der Waals surface area (Å²) in [7, 11) is 4.23. The Morgan fingerprint density at radius 3 is 2.00 bits per heavy atom. The maximum absolute atomic E-state index is 13.3. The van der Waals surface area contributed by atoms with E-state index in [0.29, 0.717) is 54.7 Å². The Labute approximate surface area is 215 Å². The van der Waals surface area contributed by atoms with E-state index in [-0.39, 0.29) is 4.90 Å². The van der Waals surface area contributed by atoms with Gasteiger partial charge in [-0.3, -0.25) is 0 Å². The molecule has 0 atom stereocenters. The summed E-state index contributed by atoms with van der Waals surface area (Å²) in [5.74, 6) is 2.54. The summed E-state index contributed by atoms with van der Waals surface area (Å²) < 4.78 is 53.4. The van der Waals surface area contributed by atoms with Gasteiger partial charge in [-0.2, -0.15) is 0 Å². The van der Waals surface area contributed by atoms with E-state index < -0.39 is 15.1 Å². The van der Waals surface area contributed by atoms with Gasteiger partial charge in [0.05, 0.1) is 51.4 Å². The molecule has 1 aliphatic rings. The molecule has 1 fully saturated rings. The molecule has 4 rings (SSSR count). The van der Waals surface area contributed by atoms with Gasteiger partial charge in [-0.25, -0.2) is 13.4 Å². The molecule has 1 aliphatic heterocycles. The SMILES string of the molecule is COc1ccc(S(=O)(=O)C2CCN(c3nc(-c4cc(OC)c(OC)c(OC)c4)cs3)CC2)cc1OC. The molecule has 1 saturated heterocycles. The standard InChI is InChI=1S/C25H30N2O7S2/c1-30-20-7-6-18(14-21(20)31-2)36(28,29)17-8-10-27(11-9-17)25-26-19(15-35-25)16-12-22(32-3)24(34-5)23(13-16)33-4/h6-7,12-15,17H,8-11H2,1-5H3. The molecule has 36 heavy (non-hydrogen) atoms. The third-order valence-corrected chi connectivity index (χ3v) is 9.45. The van der Waals surface area contributed by atoms with E-state index in [9.17, 15) is 8.42 Å². The fourth-order valence-corrected chi connectivity index (χ4v) is 6.95. The number of benzene rings is 2. The maximum atomic E-state index is 13.3. The number of anilines is 1. The van der Waals surface area contributed by atoms with Crippen molar-refractivity contribution < 1.29 is 32.1 Å². The number of nitrogens with zero attached hydrogens (tertiary/aromatic N) is 2. The van der Waals surface area contributed by atoms with Crippen LogP contribution in [0.15, 0.2) is 40.6 Å². The lowest BCUT2D eigenvalue weighted by molar-refractivity contribution is 0.324. The molecule has 1 aromatic heterocycles. The minimum Gasteiger partial charge on any atom is -0.493 e. The predicted molar refractivity (Wildman–Crippen MR) is 139 cm³/mol. The third-order valence-electron chi connectivity index (χ3n) is 6.29. The van der Waals surface area contributed by atoms with Crippen molar-refractivity contribution in [1.29, 1.82) is 0 Å². The Balaban J connectivity index is 1.49. The minimum atomic E-state index is -3.50. The first-order chi connectivity index (χ1) is 17.4. The van der Waals surface area contributed by atoms with Gasteiger partial charge in [-0.05, 0) is 37.1 Å². The van der Waals surface area contributed by atoms with Crippen LogP contribution in [0.25, 0.3) is 11.3 Å². The van der Waals surface area contributed by atoms with Crippen LogP contribution in [-0.4, -0.2) is 67.3 Å². The van der Waals surface area contributed by atoms with Gasteiger partial charge in [0.2, 0.25) is 5.75 Å².